The van der Waals surface area contributed by atoms with Crippen LogP contribution in [0.1, 0.15) is 95.5 Å². The summed E-state index contributed by atoms with van der Waals surface area (Å²) in [6.45, 7) is 7.98. The maximum atomic E-state index is 12.6. The molecule has 4 unspecified atom stereocenters. The topological polar surface area (TPSA) is 105 Å². The van der Waals surface area contributed by atoms with Crippen LogP contribution < -0.4 is 4.90 Å². The fourth-order valence-corrected chi connectivity index (χ4v) is 6.63. The summed E-state index contributed by atoms with van der Waals surface area (Å²) in [6, 6.07) is 4.78. The Morgan fingerprint density at radius 2 is 1.95 bits per heavy atom. The van der Waals surface area contributed by atoms with E-state index in [1.807, 2.05) is 4.90 Å². The van der Waals surface area contributed by atoms with Gasteiger partial charge < -0.3 is 19.3 Å². The van der Waals surface area contributed by atoms with Crippen LogP contribution in [0.15, 0.2) is 12.1 Å². The average Bonchev–Trinajstić information content (AvgIpc) is 3.30. The van der Waals surface area contributed by atoms with Gasteiger partial charge in [-0.25, -0.2) is 9.78 Å². The number of fused-ring (bicyclic) bond motifs is 3. The molecule has 1 saturated heterocycles. The van der Waals surface area contributed by atoms with Crippen LogP contribution in [0.4, 0.5) is 10.5 Å². The molecule has 208 valence electrons. The molecule has 0 bridgehead atoms. The van der Waals surface area contributed by atoms with E-state index in [0.29, 0.717) is 18.4 Å². The number of piperidine rings is 1. The smallest absolute Gasteiger partial charge is 0.414 e. The Morgan fingerprint density at radius 3 is 2.63 bits per heavy atom. The largest absolute Gasteiger partial charge is 0.483 e. The van der Waals surface area contributed by atoms with E-state index in [9.17, 15) is 9.59 Å². The van der Waals surface area contributed by atoms with E-state index in [1.165, 1.54) is 31.9 Å². The molecule has 4 atom stereocenters. The number of rotatable bonds is 4. The average molecular weight is 527 g/mol. The monoisotopic (exact) mass is 526 g/mol. The molecule has 9 heteroatoms. The third kappa shape index (κ3) is 5.52. The van der Waals surface area contributed by atoms with E-state index in [2.05, 4.69) is 37.5 Å². The Balaban J connectivity index is 0.00000107. The fraction of sp³-hybridized carbons (Fsp3) is 0.655. The van der Waals surface area contributed by atoms with E-state index in [-0.39, 0.29) is 30.4 Å². The summed E-state index contributed by atoms with van der Waals surface area (Å²) in [6.07, 6.45) is 9.10. The molecule has 0 radical (unpaired) electrons. The summed E-state index contributed by atoms with van der Waals surface area (Å²) in [4.78, 5) is 42.7. The van der Waals surface area contributed by atoms with Gasteiger partial charge in [-0.1, -0.05) is 26.7 Å². The SMILES string of the molecule is COC(=O)N1c2ccc3c(nc(C(C)CN4CCCCC4=O)n3C3CCCC(C)C3)c2CCC1C.O=CO. The van der Waals surface area contributed by atoms with E-state index >= 15 is 0 Å². The van der Waals surface area contributed by atoms with Crippen molar-refractivity contribution in [2.75, 3.05) is 25.1 Å². The van der Waals surface area contributed by atoms with Crippen molar-refractivity contribution in [2.24, 2.45) is 5.92 Å². The Bertz CT molecular complexity index is 1160. The molecular formula is C29H42N4O5. The number of methoxy groups -OCH3 is 1. The number of imidazole rings is 1. The van der Waals surface area contributed by atoms with Crippen LogP contribution in [0.25, 0.3) is 11.0 Å². The van der Waals surface area contributed by atoms with E-state index in [0.717, 1.165) is 67.8 Å². The number of carboxylic acid groups (broad SMARTS) is 1. The summed E-state index contributed by atoms with van der Waals surface area (Å²) in [5, 5.41) is 6.89. The quantitative estimate of drug-likeness (QED) is 0.527. The first kappa shape index (κ1) is 27.9. The molecule has 2 aliphatic heterocycles. The summed E-state index contributed by atoms with van der Waals surface area (Å²) in [7, 11) is 1.45. The maximum absolute atomic E-state index is 12.6. The van der Waals surface area contributed by atoms with Gasteiger partial charge in [-0.3, -0.25) is 14.5 Å². The van der Waals surface area contributed by atoms with Gasteiger partial charge in [0.15, 0.2) is 0 Å². The van der Waals surface area contributed by atoms with Gasteiger partial charge in [0.1, 0.15) is 5.82 Å². The van der Waals surface area contributed by atoms with E-state index in [4.69, 9.17) is 19.6 Å². The van der Waals surface area contributed by atoms with Gasteiger partial charge in [0.2, 0.25) is 5.91 Å². The number of hydrogen-bond donors (Lipinski definition) is 1. The highest BCUT2D eigenvalue weighted by molar-refractivity contribution is 5.95. The van der Waals surface area contributed by atoms with Gasteiger partial charge in [-0.2, -0.15) is 0 Å². The van der Waals surface area contributed by atoms with Gasteiger partial charge >= 0.3 is 6.09 Å². The first-order valence-corrected chi connectivity index (χ1v) is 14.1. The molecule has 1 N–H and O–H groups in total. The van der Waals surface area contributed by atoms with E-state index < -0.39 is 0 Å². The molecule has 1 aliphatic carbocycles. The number of aromatic nitrogens is 2. The highest BCUT2D eigenvalue weighted by Gasteiger charge is 2.34. The molecule has 5 rings (SSSR count). The highest BCUT2D eigenvalue weighted by Crippen LogP contribution is 2.41. The van der Waals surface area contributed by atoms with Gasteiger partial charge in [0.25, 0.3) is 6.47 Å². The van der Waals surface area contributed by atoms with Crippen LogP contribution in [0.3, 0.4) is 0 Å². The molecule has 1 aromatic carbocycles. The lowest BCUT2D eigenvalue weighted by molar-refractivity contribution is -0.133. The number of aryl methyl sites for hydroxylation is 1. The highest BCUT2D eigenvalue weighted by atomic mass is 16.5. The number of anilines is 1. The number of hydrogen-bond acceptors (Lipinski definition) is 5. The molecule has 2 fully saturated rings. The first-order chi connectivity index (χ1) is 18.3. The van der Waals surface area contributed by atoms with Crippen molar-refractivity contribution < 1.29 is 24.2 Å². The lowest BCUT2D eigenvalue weighted by atomic mass is 9.86. The number of likely N-dealkylation sites (tertiary alicyclic amines) is 1. The Labute approximate surface area is 225 Å². The second kappa shape index (κ2) is 12.2. The number of ether oxygens (including phenoxy) is 1. The van der Waals surface area contributed by atoms with Crippen LogP contribution in [-0.2, 0) is 20.7 Å². The van der Waals surface area contributed by atoms with Gasteiger partial charge in [0, 0.05) is 43.1 Å². The Hall–Kier alpha value is -3.10. The third-order valence-electron chi connectivity index (χ3n) is 8.48. The molecule has 9 nitrogen and oxygen atoms in total. The van der Waals surface area contributed by atoms with Crippen molar-refractivity contribution in [3.8, 4) is 0 Å². The lowest BCUT2D eigenvalue weighted by Gasteiger charge is -2.34. The summed E-state index contributed by atoms with van der Waals surface area (Å²) in [5.41, 5.74) is 4.27. The number of benzene rings is 1. The van der Waals surface area contributed by atoms with Gasteiger partial charge in [0.05, 0.1) is 23.8 Å². The first-order valence-electron chi connectivity index (χ1n) is 14.1. The van der Waals surface area contributed by atoms with Crippen molar-refractivity contribution >= 4 is 35.2 Å². The van der Waals surface area contributed by atoms with Crippen molar-refractivity contribution in [2.45, 2.75) is 96.6 Å². The predicted molar refractivity (Wildman–Crippen MR) is 147 cm³/mol. The number of nitrogens with zero attached hydrogens (tertiary/aromatic N) is 4. The van der Waals surface area contributed by atoms with Crippen LogP contribution in [-0.4, -0.2) is 64.3 Å². The molecular weight excluding hydrogens is 484 g/mol. The standard InChI is InChI=1S/C28H40N4O3.CH2O2/c1-18-8-7-9-21(16-18)32-24-14-13-23-22(12-11-20(3)31(23)28(34)35-4)26(24)29-27(32)19(2)17-30-15-6-5-10-25(30)33;2-1-3/h13-14,18-21H,5-12,15-17H2,1-4H3;1H,(H,2,3). The van der Waals surface area contributed by atoms with Crippen LogP contribution in [0.2, 0.25) is 0 Å². The normalized spacial score (nSPS) is 24.3. The summed E-state index contributed by atoms with van der Waals surface area (Å²) in [5.74, 6) is 2.22. The Morgan fingerprint density at radius 1 is 1.18 bits per heavy atom. The molecule has 3 aliphatic rings. The van der Waals surface area contributed by atoms with Gasteiger partial charge in [-0.15, -0.1) is 0 Å². The van der Waals surface area contributed by atoms with Crippen molar-refractivity contribution in [1.82, 2.24) is 14.5 Å². The minimum absolute atomic E-state index is 0.0946. The molecule has 3 heterocycles. The molecule has 1 saturated carbocycles. The van der Waals surface area contributed by atoms with E-state index in [1.54, 1.807) is 4.90 Å². The molecule has 2 aromatic rings. The summed E-state index contributed by atoms with van der Waals surface area (Å²) < 4.78 is 7.63. The van der Waals surface area contributed by atoms with Gasteiger partial charge in [-0.05, 0) is 63.5 Å². The molecule has 1 aromatic heterocycles. The van der Waals surface area contributed by atoms with Crippen molar-refractivity contribution in [1.29, 1.82) is 0 Å². The minimum Gasteiger partial charge on any atom is -0.483 e. The fourth-order valence-electron chi connectivity index (χ4n) is 6.63. The Kier molecular flexibility index (Phi) is 8.95. The number of amides is 2. The maximum Gasteiger partial charge on any atom is 0.414 e. The number of carbonyl (C=O) groups excluding carboxylic acids is 2. The third-order valence-corrected chi connectivity index (χ3v) is 8.48. The lowest BCUT2D eigenvalue weighted by Crippen LogP contribution is -2.42. The summed E-state index contributed by atoms with van der Waals surface area (Å²) >= 11 is 0. The molecule has 38 heavy (non-hydrogen) atoms. The second-order valence-electron chi connectivity index (χ2n) is 11.2. The minimum atomic E-state index is -0.310. The van der Waals surface area contributed by atoms with Crippen LogP contribution in [0.5, 0.6) is 0 Å². The molecule has 2 amide bonds. The second-order valence-corrected chi connectivity index (χ2v) is 11.2. The van der Waals surface area contributed by atoms with Crippen LogP contribution >= 0.6 is 0 Å². The zero-order chi connectivity index (χ0) is 27.4. The zero-order valence-electron chi connectivity index (χ0n) is 23.2. The molecule has 0 spiro atoms. The predicted octanol–water partition coefficient (Wildman–Crippen LogP) is 5.51. The van der Waals surface area contributed by atoms with Crippen molar-refractivity contribution in [3.63, 3.8) is 0 Å². The van der Waals surface area contributed by atoms with Crippen LogP contribution in [0, 0.1) is 5.92 Å². The number of carbonyl (C=O) groups is 3. The zero-order valence-corrected chi connectivity index (χ0v) is 23.2. The van der Waals surface area contributed by atoms with Crippen molar-refractivity contribution in [3.05, 3.63) is 23.5 Å².